The quantitative estimate of drug-likeness (QED) is 0.870. The second kappa shape index (κ2) is 5.76. The Morgan fingerprint density at radius 3 is 2.75 bits per heavy atom. The van der Waals surface area contributed by atoms with Gasteiger partial charge in [-0.15, -0.1) is 0 Å². The van der Waals surface area contributed by atoms with Crippen LogP contribution in [0.25, 0.3) is 0 Å². The van der Waals surface area contributed by atoms with Gasteiger partial charge in [0.1, 0.15) is 5.82 Å². The van der Waals surface area contributed by atoms with Gasteiger partial charge >= 0.3 is 6.03 Å². The normalized spacial score (nSPS) is 21.6. The standard InChI is InChI=1S/C14H19FN2O3/c1-14(2)9-17(7-12(8-18)20-14)13(19)16-11-5-3-10(15)4-6-11/h3-6,12,18H,7-9H2,1-2H3,(H,16,19). The second-order valence-electron chi connectivity index (χ2n) is 5.50. The van der Waals surface area contributed by atoms with Crippen LogP contribution in [0.15, 0.2) is 24.3 Å². The van der Waals surface area contributed by atoms with Gasteiger partial charge in [0.15, 0.2) is 0 Å². The average Bonchev–Trinajstić information content (AvgIpc) is 2.39. The molecule has 1 atom stereocenters. The Bertz CT molecular complexity index is 476. The minimum atomic E-state index is -0.508. The topological polar surface area (TPSA) is 61.8 Å². The van der Waals surface area contributed by atoms with Crippen molar-refractivity contribution in [1.82, 2.24) is 4.90 Å². The Morgan fingerprint density at radius 2 is 2.15 bits per heavy atom. The van der Waals surface area contributed by atoms with Gasteiger partial charge in [0.25, 0.3) is 0 Å². The van der Waals surface area contributed by atoms with Crippen LogP contribution >= 0.6 is 0 Å². The molecule has 2 amide bonds. The highest BCUT2D eigenvalue weighted by Crippen LogP contribution is 2.21. The molecule has 0 radical (unpaired) electrons. The maximum atomic E-state index is 12.8. The van der Waals surface area contributed by atoms with Gasteiger partial charge in [-0.3, -0.25) is 0 Å². The number of benzene rings is 1. The van der Waals surface area contributed by atoms with Crippen LogP contribution < -0.4 is 5.32 Å². The number of morpholine rings is 1. The molecule has 0 aromatic heterocycles. The van der Waals surface area contributed by atoms with Gasteiger partial charge in [0, 0.05) is 5.69 Å². The summed E-state index contributed by atoms with van der Waals surface area (Å²) in [5.41, 5.74) is 0.0208. The van der Waals surface area contributed by atoms with Crippen LogP contribution in [0, 0.1) is 5.82 Å². The molecule has 6 heteroatoms. The molecule has 110 valence electrons. The fourth-order valence-electron chi connectivity index (χ4n) is 2.28. The molecule has 0 spiro atoms. The molecule has 1 unspecified atom stereocenters. The largest absolute Gasteiger partial charge is 0.394 e. The molecule has 1 aliphatic rings. The first-order chi connectivity index (χ1) is 9.39. The lowest BCUT2D eigenvalue weighted by atomic mass is 10.1. The van der Waals surface area contributed by atoms with Crippen molar-refractivity contribution in [1.29, 1.82) is 0 Å². The van der Waals surface area contributed by atoms with E-state index in [1.54, 1.807) is 4.90 Å². The van der Waals surface area contributed by atoms with Gasteiger partial charge in [-0.05, 0) is 38.1 Å². The lowest BCUT2D eigenvalue weighted by Crippen LogP contribution is -2.56. The molecule has 0 saturated carbocycles. The number of hydrogen-bond acceptors (Lipinski definition) is 3. The van der Waals surface area contributed by atoms with Crippen LogP contribution in [0.4, 0.5) is 14.9 Å². The third-order valence-electron chi connectivity index (χ3n) is 3.07. The molecule has 1 aromatic carbocycles. The smallest absolute Gasteiger partial charge is 0.322 e. The Hall–Kier alpha value is -1.66. The third kappa shape index (κ3) is 3.68. The number of aliphatic hydroxyl groups is 1. The molecule has 1 aromatic rings. The maximum absolute atomic E-state index is 12.8. The number of amides is 2. The molecule has 1 aliphatic heterocycles. The molecule has 2 N–H and O–H groups in total. The third-order valence-corrected chi connectivity index (χ3v) is 3.07. The van der Waals surface area contributed by atoms with Crippen LogP contribution in [-0.2, 0) is 4.74 Å². The number of rotatable bonds is 2. The fourth-order valence-corrected chi connectivity index (χ4v) is 2.28. The Morgan fingerprint density at radius 1 is 1.50 bits per heavy atom. The van der Waals surface area contributed by atoms with Crippen LogP contribution in [0.3, 0.4) is 0 Å². The summed E-state index contributed by atoms with van der Waals surface area (Å²) in [6.07, 6.45) is -0.391. The zero-order valence-corrected chi connectivity index (χ0v) is 11.6. The van der Waals surface area contributed by atoms with E-state index < -0.39 is 11.7 Å². The van der Waals surface area contributed by atoms with Crippen molar-refractivity contribution in [2.45, 2.75) is 25.6 Å². The van der Waals surface area contributed by atoms with Gasteiger partial charge in [0.2, 0.25) is 0 Å². The summed E-state index contributed by atoms with van der Waals surface area (Å²) in [6, 6.07) is 5.29. The number of ether oxygens (including phenoxy) is 1. The predicted octanol–water partition coefficient (Wildman–Crippen LogP) is 1.83. The van der Waals surface area contributed by atoms with E-state index in [1.807, 2.05) is 13.8 Å². The number of nitrogens with one attached hydrogen (secondary N) is 1. The van der Waals surface area contributed by atoms with Crippen molar-refractivity contribution >= 4 is 11.7 Å². The number of nitrogens with zero attached hydrogens (tertiary/aromatic N) is 1. The van der Waals surface area contributed by atoms with Crippen LogP contribution in [-0.4, -0.2) is 47.4 Å². The number of carbonyl (C=O) groups excluding carboxylic acids is 1. The van der Waals surface area contributed by atoms with E-state index in [0.29, 0.717) is 18.8 Å². The summed E-state index contributed by atoms with van der Waals surface area (Å²) < 4.78 is 18.5. The van der Waals surface area contributed by atoms with Gasteiger partial charge in [-0.25, -0.2) is 9.18 Å². The molecule has 1 heterocycles. The van der Waals surface area contributed by atoms with E-state index in [9.17, 15) is 14.3 Å². The van der Waals surface area contributed by atoms with Gasteiger partial charge in [-0.2, -0.15) is 0 Å². The number of anilines is 1. The number of aliphatic hydroxyl groups excluding tert-OH is 1. The summed E-state index contributed by atoms with van der Waals surface area (Å²) in [6.45, 7) is 4.35. The van der Waals surface area contributed by atoms with Crippen LogP contribution in [0.2, 0.25) is 0 Å². The molecule has 1 fully saturated rings. The highest BCUT2D eigenvalue weighted by molar-refractivity contribution is 5.89. The minimum absolute atomic E-state index is 0.135. The van der Waals surface area contributed by atoms with E-state index in [0.717, 1.165) is 0 Å². The lowest BCUT2D eigenvalue weighted by molar-refractivity contribution is -0.137. The molecule has 1 saturated heterocycles. The molecule has 2 rings (SSSR count). The summed E-state index contributed by atoms with van der Waals surface area (Å²) in [4.78, 5) is 13.8. The minimum Gasteiger partial charge on any atom is -0.394 e. The molecular formula is C14H19FN2O3. The van der Waals surface area contributed by atoms with Gasteiger partial charge < -0.3 is 20.1 Å². The van der Waals surface area contributed by atoms with Crippen molar-refractivity contribution in [3.8, 4) is 0 Å². The average molecular weight is 282 g/mol. The number of carbonyl (C=O) groups is 1. The number of urea groups is 1. The van der Waals surface area contributed by atoms with E-state index in [4.69, 9.17) is 4.74 Å². The zero-order valence-electron chi connectivity index (χ0n) is 11.6. The highest BCUT2D eigenvalue weighted by Gasteiger charge is 2.35. The van der Waals surface area contributed by atoms with Gasteiger partial charge in [0.05, 0.1) is 31.4 Å². The first-order valence-corrected chi connectivity index (χ1v) is 6.50. The predicted molar refractivity (Wildman–Crippen MR) is 73.0 cm³/mol. The maximum Gasteiger partial charge on any atom is 0.322 e. The SMILES string of the molecule is CC1(C)CN(C(=O)Nc2ccc(F)cc2)CC(CO)O1. The summed E-state index contributed by atoms with van der Waals surface area (Å²) in [7, 11) is 0. The van der Waals surface area contributed by atoms with Crippen molar-refractivity contribution in [2.24, 2.45) is 0 Å². The summed E-state index contributed by atoms with van der Waals surface area (Å²) in [5, 5.41) is 11.9. The van der Waals surface area contributed by atoms with E-state index >= 15 is 0 Å². The van der Waals surface area contributed by atoms with Crippen molar-refractivity contribution in [3.05, 3.63) is 30.1 Å². The monoisotopic (exact) mass is 282 g/mol. The Labute approximate surface area is 117 Å². The second-order valence-corrected chi connectivity index (χ2v) is 5.50. The Balaban J connectivity index is 2.02. The number of halogens is 1. The van der Waals surface area contributed by atoms with E-state index in [2.05, 4.69) is 5.32 Å². The first kappa shape index (κ1) is 14.7. The first-order valence-electron chi connectivity index (χ1n) is 6.50. The molecule has 0 bridgehead atoms. The van der Waals surface area contributed by atoms with Crippen molar-refractivity contribution in [3.63, 3.8) is 0 Å². The van der Waals surface area contributed by atoms with Crippen LogP contribution in [0.1, 0.15) is 13.8 Å². The van der Waals surface area contributed by atoms with E-state index in [1.165, 1.54) is 24.3 Å². The van der Waals surface area contributed by atoms with Crippen molar-refractivity contribution in [2.75, 3.05) is 25.0 Å². The van der Waals surface area contributed by atoms with Gasteiger partial charge in [-0.1, -0.05) is 0 Å². The fraction of sp³-hybridized carbons (Fsp3) is 0.500. The number of hydrogen-bond donors (Lipinski definition) is 2. The Kier molecular flexibility index (Phi) is 4.25. The molecule has 20 heavy (non-hydrogen) atoms. The summed E-state index contributed by atoms with van der Waals surface area (Å²) >= 11 is 0. The van der Waals surface area contributed by atoms with Crippen LogP contribution in [0.5, 0.6) is 0 Å². The van der Waals surface area contributed by atoms with Crippen molar-refractivity contribution < 1.29 is 19.0 Å². The van der Waals surface area contributed by atoms with E-state index in [-0.39, 0.29) is 18.5 Å². The lowest BCUT2D eigenvalue weighted by Gasteiger charge is -2.42. The molecule has 0 aliphatic carbocycles. The summed E-state index contributed by atoms with van der Waals surface area (Å²) in [5.74, 6) is -0.351. The molecule has 5 nitrogen and oxygen atoms in total. The highest BCUT2D eigenvalue weighted by atomic mass is 19.1. The zero-order chi connectivity index (χ0) is 14.8. The molecular weight excluding hydrogens is 263 g/mol.